The first-order valence-corrected chi connectivity index (χ1v) is 9.06. The molecule has 0 saturated heterocycles. The van der Waals surface area contributed by atoms with Crippen LogP contribution in [0.3, 0.4) is 0 Å². The fourth-order valence-electron chi connectivity index (χ4n) is 1.41. The van der Waals surface area contributed by atoms with Gasteiger partial charge in [-0.15, -0.1) is 10.2 Å². The van der Waals surface area contributed by atoms with Crippen molar-refractivity contribution in [2.75, 3.05) is 30.6 Å². The highest BCUT2D eigenvalue weighted by Gasteiger charge is 2.18. The number of hydrogen-bond donors (Lipinski definition) is 0. The number of hydrogen-bond acceptors (Lipinski definition) is 8. The van der Waals surface area contributed by atoms with Gasteiger partial charge in [-0.05, 0) is 12.1 Å². The molecule has 0 saturated carbocycles. The van der Waals surface area contributed by atoms with E-state index in [2.05, 4.69) is 15.2 Å². The van der Waals surface area contributed by atoms with Crippen LogP contribution in [0.4, 0.5) is 9.93 Å². The molecule has 0 aliphatic rings. The van der Waals surface area contributed by atoms with E-state index in [1.165, 1.54) is 23.3 Å². The SMILES string of the molecule is CN(C(=O)OCCS(C)(=O)=O)c1nnc(-c2cccnc2)s1. The Hall–Kier alpha value is -2.07. The fraction of sp³-hybridized carbons (Fsp3) is 0.333. The number of sulfone groups is 1. The van der Waals surface area contributed by atoms with Gasteiger partial charge in [0.25, 0.3) is 0 Å². The molecule has 2 aromatic heterocycles. The predicted octanol–water partition coefficient (Wildman–Crippen LogP) is 1.22. The first-order valence-electron chi connectivity index (χ1n) is 6.19. The molecule has 118 valence electrons. The lowest BCUT2D eigenvalue weighted by atomic mass is 10.3. The molecule has 0 aliphatic heterocycles. The Morgan fingerprint density at radius 2 is 2.18 bits per heavy atom. The summed E-state index contributed by atoms with van der Waals surface area (Å²) in [7, 11) is -1.69. The summed E-state index contributed by atoms with van der Waals surface area (Å²) in [5.74, 6) is -0.219. The zero-order chi connectivity index (χ0) is 16.2. The summed E-state index contributed by atoms with van der Waals surface area (Å²) in [6.07, 6.45) is 3.69. The van der Waals surface area contributed by atoms with E-state index in [0.717, 1.165) is 11.8 Å². The van der Waals surface area contributed by atoms with Crippen LogP contribution in [0, 0.1) is 0 Å². The highest BCUT2D eigenvalue weighted by atomic mass is 32.2. The maximum absolute atomic E-state index is 11.8. The van der Waals surface area contributed by atoms with Crippen LogP contribution < -0.4 is 4.90 Å². The molecule has 0 N–H and O–H groups in total. The summed E-state index contributed by atoms with van der Waals surface area (Å²) >= 11 is 1.21. The zero-order valence-corrected chi connectivity index (χ0v) is 13.6. The monoisotopic (exact) mass is 342 g/mol. The molecular weight excluding hydrogens is 328 g/mol. The van der Waals surface area contributed by atoms with Crippen LogP contribution in [0.15, 0.2) is 24.5 Å². The van der Waals surface area contributed by atoms with Gasteiger partial charge < -0.3 is 4.74 Å². The van der Waals surface area contributed by atoms with Crippen molar-refractivity contribution < 1.29 is 17.9 Å². The van der Waals surface area contributed by atoms with Crippen LogP contribution in [0.1, 0.15) is 0 Å². The van der Waals surface area contributed by atoms with Crippen molar-refractivity contribution in [3.63, 3.8) is 0 Å². The van der Waals surface area contributed by atoms with Crippen molar-refractivity contribution in [2.24, 2.45) is 0 Å². The van der Waals surface area contributed by atoms with Crippen LogP contribution in [0.2, 0.25) is 0 Å². The Kier molecular flexibility index (Phi) is 5.03. The van der Waals surface area contributed by atoms with E-state index in [-0.39, 0.29) is 12.4 Å². The summed E-state index contributed by atoms with van der Waals surface area (Å²) in [5, 5.41) is 8.88. The van der Waals surface area contributed by atoms with Gasteiger partial charge in [0, 0.05) is 31.3 Å². The number of rotatable bonds is 5. The molecule has 10 heteroatoms. The number of carbonyl (C=O) groups excluding carboxylic acids is 1. The van der Waals surface area contributed by atoms with E-state index >= 15 is 0 Å². The molecule has 0 fully saturated rings. The Bertz CT molecular complexity index is 745. The third-order valence-corrected chi connectivity index (χ3v) is 4.52. The molecule has 0 aliphatic carbocycles. The van der Waals surface area contributed by atoms with Crippen molar-refractivity contribution in [3.8, 4) is 10.6 Å². The minimum atomic E-state index is -3.17. The third kappa shape index (κ3) is 4.46. The molecule has 0 aromatic carbocycles. The van der Waals surface area contributed by atoms with Crippen LogP contribution in [-0.4, -0.2) is 55.4 Å². The van der Waals surface area contributed by atoms with E-state index < -0.39 is 15.9 Å². The third-order valence-electron chi connectivity index (χ3n) is 2.56. The van der Waals surface area contributed by atoms with Crippen LogP contribution >= 0.6 is 11.3 Å². The normalized spacial score (nSPS) is 11.2. The minimum absolute atomic E-state index is 0.198. The standard InChI is InChI=1S/C12H14N4O4S2/c1-16(12(17)20-6-7-22(2,18)19)11-15-14-10(21-11)9-4-3-5-13-8-9/h3-5,8H,6-7H2,1-2H3. The van der Waals surface area contributed by atoms with Gasteiger partial charge in [0.05, 0.1) is 5.75 Å². The van der Waals surface area contributed by atoms with Crippen molar-refractivity contribution >= 4 is 32.4 Å². The first kappa shape index (κ1) is 16.3. The number of anilines is 1. The molecule has 1 amide bonds. The number of carbonyl (C=O) groups is 1. The minimum Gasteiger partial charge on any atom is -0.448 e. The van der Waals surface area contributed by atoms with Crippen molar-refractivity contribution in [1.29, 1.82) is 0 Å². The van der Waals surface area contributed by atoms with Gasteiger partial charge >= 0.3 is 6.09 Å². The maximum Gasteiger partial charge on any atom is 0.415 e. The van der Waals surface area contributed by atoms with Gasteiger partial charge in [0.2, 0.25) is 5.13 Å². The molecule has 2 rings (SSSR count). The molecule has 0 atom stereocenters. The van der Waals surface area contributed by atoms with E-state index in [0.29, 0.717) is 10.1 Å². The molecule has 8 nitrogen and oxygen atoms in total. The van der Waals surface area contributed by atoms with E-state index in [9.17, 15) is 13.2 Å². The number of aromatic nitrogens is 3. The molecular formula is C12H14N4O4S2. The summed E-state index contributed by atoms with van der Waals surface area (Å²) < 4.78 is 26.8. The Balaban J connectivity index is 1.99. The second-order valence-electron chi connectivity index (χ2n) is 4.43. The van der Waals surface area contributed by atoms with Gasteiger partial charge in [-0.2, -0.15) is 0 Å². The predicted molar refractivity (Wildman–Crippen MR) is 82.6 cm³/mol. The average molecular weight is 342 g/mol. The number of nitrogens with zero attached hydrogens (tertiary/aromatic N) is 4. The highest BCUT2D eigenvalue weighted by Crippen LogP contribution is 2.27. The Morgan fingerprint density at radius 3 is 2.82 bits per heavy atom. The number of ether oxygens (including phenoxy) is 1. The molecule has 2 aromatic rings. The first-order chi connectivity index (χ1) is 10.4. The zero-order valence-electron chi connectivity index (χ0n) is 12.0. The van der Waals surface area contributed by atoms with Gasteiger partial charge in [0.15, 0.2) is 14.8 Å². The van der Waals surface area contributed by atoms with Crippen LogP contribution in [0.25, 0.3) is 10.6 Å². The quantitative estimate of drug-likeness (QED) is 0.805. The van der Waals surface area contributed by atoms with Crippen molar-refractivity contribution in [3.05, 3.63) is 24.5 Å². The maximum atomic E-state index is 11.8. The molecule has 0 radical (unpaired) electrons. The molecule has 2 heterocycles. The van der Waals surface area contributed by atoms with Gasteiger partial charge in [-0.3, -0.25) is 9.88 Å². The average Bonchev–Trinajstić information content (AvgIpc) is 2.95. The topological polar surface area (TPSA) is 102 Å². The lowest BCUT2D eigenvalue weighted by molar-refractivity contribution is 0.162. The second kappa shape index (κ2) is 6.79. The number of amides is 1. The lowest BCUT2D eigenvalue weighted by Crippen LogP contribution is -2.28. The van der Waals surface area contributed by atoms with Gasteiger partial charge in [0.1, 0.15) is 6.61 Å². The Morgan fingerprint density at radius 1 is 1.41 bits per heavy atom. The van der Waals surface area contributed by atoms with E-state index in [1.807, 2.05) is 6.07 Å². The van der Waals surface area contributed by atoms with Crippen LogP contribution in [-0.2, 0) is 14.6 Å². The van der Waals surface area contributed by atoms with Crippen molar-refractivity contribution in [1.82, 2.24) is 15.2 Å². The largest absolute Gasteiger partial charge is 0.448 e. The summed E-state index contributed by atoms with van der Waals surface area (Å²) in [6, 6.07) is 3.61. The summed E-state index contributed by atoms with van der Waals surface area (Å²) in [4.78, 5) is 17.0. The van der Waals surface area contributed by atoms with Gasteiger partial charge in [-0.25, -0.2) is 13.2 Å². The van der Waals surface area contributed by atoms with E-state index in [4.69, 9.17) is 4.74 Å². The van der Waals surface area contributed by atoms with Crippen molar-refractivity contribution in [2.45, 2.75) is 0 Å². The van der Waals surface area contributed by atoms with Crippen LogP contribution in [0.5, 0.6) is 0 Å². The Labute approximate surface area is 131 Å². The van der Waals surface area contributed by atoms with Gasteiger partial charge in [-0.1, -0.05) is 11.3 Å². The smallest absolute Gasteiger partial charge is 0.415 e. The summed E-state index contributed by atoms with van der Waals surface area (Å²) in [5.41, 5.74) is 0.796. The molecule has 0 bridgehead atoms. The highest BCUT2D eigenvalue weighted by molar-refractivity contribution is 7.90. The fourth-order valence-corrected chi connectivity index (χ4v) is 2.58. The van der Waals surface area contributed by atoms with E-state index in [1.54, 1.807) is 18.5 Å². The molecule has 0 spiro atoms. The second-order valence-corrected chi connectivity index (χ2v) is 7.65. The number of pyridine rings is 1. The molecule has 22 heavy (non-hydrogen) atoms. The molecule has 0 unspecified atom stereocenters. The summed E-state index contributed by atoms with van der Waals surface area (Å²) in [6.45, 7) is -0.198. The lowest BCUT2D eigenvalue weighted by Gasteiger charge is -2.12.